The fourth-order valence-corrected chi connectivity index (χ4v) is 5.15. The van der Waals surface area contributed by atoms with Gasteiger partial charge >= 0.3 is 0 Å². The Morgan fingerprint density at radius 2 is 1.82 bits per heavy atom. The summed E-state index contributed by atoms with van der Waals surface area (Å²) in [4.78, 5) is 14.9. The molecule has 3 rings (SSSR count). The van der Waals surface area contributed by atoms with Crippen molar-refractivity contribution in [2.24, 2.45) is 17.3 Å². The summed E-state index contributed by atoms with van der Waals surface area (Å²) in [5.74, 6) is 1.62. The van der Waals surface area contributed by atoms with Crippen molar-refractivity contribution in [3.05, 3.63) is 0 Å². The lowest BCUT2D eigenvalue weighted by Gasteiger charge is -2.48. The molecule has 2 N–H and O–H groups in total. The van der Waals surface area contributed by atoms with Gasteiger partial charge in [0, 0.05) is 18.6 Å². The Balaban J connectivity index is 1.43. The molecule has 0 aromatic carbocycles. The zero-order chi connectivity index (χ0) is 15.8. The van der Waals surface area contributed by atoms with Gasteiger partial charge in [-0.3, -0.25) is 4.79 Å². The molecule has 3 fully saturated rings. The van der Waals surface area contributed by atoms with Crippen LogP contribution in [0, 0.1) is 17.3 Å². The van der Waals surface area contributed by atoms with Gasteiger partial charge in [0.05, 0.1) is 6.54 Å². The summed E-state index contributed by atoms with van der Waals surface area (Å²) in [6.45, 7) is 11.9. The molecule has 0 spiro atoms. The molecule has 1 saturated heterocycles. The first-order valence-electron chi connectivity index (χ1n) is 9.17. The molecule has 1 amide bonds. The number of amides is 1. The summed E-state index contributed by atoms with van der Waals surface area (Å²) in [7, 11) is 0. The molecule has 2 aliphatic carbocycles. The van der Waals surface area contributed by atoms with Crippen LogP contribution in [0.5, 0.6) is 0 Å². The van der Waals surface area contributed by atoms with Gasteiger partial charge in [-0.2, -0.15) is 0 Å². The quantitative estimate of drug-likeness (QED) is 0.738. The fourth-order valence-electron chi connectivity index (χ4n) is 5.15. The van der Waals surface area contributed by atoms with E-state index in [9.17, 15) is 4.79 Å². The highest BCUT2D eigenvalue weighted by molar-refractivity contribution is 5.79. The minimum Gasteiger partial charge on any atom is -0.349 e. The van der Waals surface area contributed by atoms with Crippen LogP contribution in [0.3, 0.4) is 0 Å². The molecule has 126 valence electrons. The van der Waals surface area contributed by atoms with Gasteiger partial charge in [-0.05, 0) is 69.4 Å². The highest BCUT2D eigenvalue weighted by atomic mass is 16.2. The van der Waals surface area contributed by atoms with Gasteiger partial charge in [0.15, 0.2) is 0 Å². The molecule has 3 atom stereocenters. The van der Waals surface area contributed by atoms with E-state index >= 15 is 0 Å². The van der Waals surface area contributed by atoms with Crippen LogP contribution in [-0.4, -0.2) is 49.1 Å². The number of carbonyl (C=O) groups excluding carboxylic acids is 1. The number of fused-ring (bicyclic) bond motifs is 2. The molecule has 1 aliphatic heterocycles. The van der Waals surface area contributed by atoms with Crippen molar-refractivity contribution in [1.82, 2.24) is 15.5 Å². The summed E-state index contributed by atoms with van der Waals surface area (Å²) in [6, 6.07) is 0. The van der Waals surface area contributed by atoms with E-state index in [0.717, 1.165) is 19.0 Å². The van der Waals surface area contributed by atoms with E-state index in [1.807, 2.05) is 0 Å². The summed E-state index contributed by atoms with van der Waals surface area (Å²) < 4.78 is 0. The predicted octanol–water partition coefficient (Wildman–Crippen LogP) is 2.00. The standard InChI is InChI=1S/C18H33N3O/c1-17(2)14-6-7-15(12-14)18(17,3)20-16(22)13-19-8-11-21-9-4-5-10-21/h14-15,19H,4-13H2,1-3H3,(H,20,22)/t14-,15-,18+/m0/s1. The van der Waals surface area contributed by atoms with E-state index < -0.39 is 0 Å². The van der Waals surface area contributed by atoms with Crippen LogP contribution in [0.15, 0.2) is 0 Å². The van der Waals surface area contributed by atoms with Gasteiger partial charge in [0.1, 0.15) is 0 Å². The van der Waals surface area contributed by atoms with Crippen molar-refractivity contribution in [3.8, 4) is 0 Å². The van der Waals surface area contributed by atoms with E-state index in [2.05, 4.69) is 36.3 Å². The normalized spacial score (nSPS) is 36.9. The third kappa shape index (κ3) is 2.80. The molecule has 22 heavy (non-hydrogen) atoms. The van der Waals surface area contributed by atoms with Gasteiger partial charge < -0.3 is 15.5 Å². The van der Waals surface area contributed by atoms with Crippen molar-refractivity contribution in [3.63, 3.8) is 0 Å². The Morgan fingerprint density at radius 3 is 2.45 bits per heavy atom. The van der Waals surface area contributed by atoms with Crippen LogP contribution in [0.1, 0.15) is 52.9 Å². The Morgan fingerprint density at radius 1 is 1.14 bits per heavy atom. The van der Waals surface area contributed by atoms with Crippen LogP contribution in [0.25, 0.3) is 0 Å². The Bertz CT molecular complexity index is 417. The van der Waals surface area contributed by atoms with Crippen LogP contribution in [0.2, 0.25) is 0 Å². The number of nitrogens with one attached hydrogen (secondary N) is 2. The minimum atomic E-state index is -0.0242. The topological polar surface area (TPSA) is 44.4 Å². The highest BCUT2D eigenvalue weighted by Crippen LogP contribution is 2.61. The zero-order valence-corrected chi connectivity index (χ0v) is 14.6. The van der Waals surface area contributed by atoms with E-state index in [1.165, 1.54) is 45.2 Å². The van der Waals surface area contributed by atoms with Crippen LogP contribution in [-0.2, 0) is 4.79 Å². The monoisotopic (exact) mass is 307 g/mol. The number of hydrogen-bond acceptors (Lipinski definition) is 3. The van der Waals surface area contributed by atoms with E-state index in [-0.39, 0.29) is 16.9 Å². The number of carbonyl (C=O) groups is 1. The molecular weight excluding hydrogens is 274 g/mol. The molecule has 2 saturated carbocycles. The average molecular weight is 307 g/mol. The second kappa shape index (κ2) is 6.12. The summed E-state index contributed by atoms with van der Waals surface area (Å²) in [5, 5.41) is 6.71. The van der Waals surface area contributed by atoms with Crippen molar-refractivity contribution in [2.75, 3.05) is 32.7 Å². The number of hydrogen-bond donors (Lipinski definition) is 2. The lowest BCUT2D eigenvalue weighted by Crippen LogP contribution is -2.60. The Hall–Kier alpha value is -0.610. The van der Waals surface area contributed by atoms with Crippen LogP contribution < -0.4 is 10.6 Å². The third-order valence-corrected chi connectivity index (χ3v) is 7.10. The van der Waals surface area contributed by atoms with Gasteiger partial charge in [0.25, 0.3) is 0 Å². The van der Waals surface area contributed by atoms with Crippen molar-refractivity contribution in [2.45, 2.75) is 58.4 Å². The van der Waals surface area contributed by atoms with E-state index in [4.69, 9.17) is 0 Å². The zero-order valence-electron chi connectivity index (χ0n) is 14.6. The minimum absolute atomic E-state index is 0.0242. The maximum absolute atomic E-state index is 12.4. The van der Waals surface area contributed by atoms with Crippen molar-refractivity contribution < 1.29 is 4.79 Å². The van der Waals surface area contributed by atoms with Crippen LogP contribution in [0.4, 0.5) is 0 Å². The molecule has 0 radical (unpaired) electrons. The second-order valence-corrected chi connectivity index (χ2v) is 8.40. The van der Waals surface area contributed by atoms with Gasteiger partial charge in [-0.15, -0.1) is 0 Å². The largest absolute Gasteiger partial charge is 0.349 e. The van der Waals surface area contributed by atoms with Gasteiger partial charge in [-0.25, -0.2) is 0 Å². The summed E-state index contributed by atoms with van der Waals surface area (Å²) >= 11 is 0. The molecule has 4 heteroatoms. The summed E-state index contributed by atoms with van der Waals surface area (Å²) in [5.41, 5.74) is 0.199. The molecule has 0 unspecified atom stereocenters. The maximum Gasteiger partial charge on any atom is 0.234 e. The maximum atomic E-state index is 12.4. The highest BCUT2D eigenvalue weighted by Gasteiger charge is 2.60. The van der Waals surface area contributed by atoms with Crippen molar-refractivity contribution in [1.29, 1.82) is 0 Å². The smallest absolute Gasteiger partial charge is 0.234 e. The van der Waals surface area contributed by atoms with Crippen molar-refractivity contribution >= 4 is 5.91 Å². The number of likely N-dealkylation sites (tertiary alicyclic amines) is 1. The average Bonchev–Trinajstić information content (AvgIpc) is 3.16. The predicted molar refractivity (Wildman–Crippen MR) is 89.7 cm³/mol. The first kappa shape index (κ1) is 16.3. The lowest BCUT2D eigenvalue weighted by atomic mass is 9.64. The van der Waals surface area contributed by atoms with Gasteiger partial charge in [-0.1, -0.05) is 13.8 Å². The lowest BCUT2D eigenvalue weighted by molar-refractivity contribution is -0.124. The molecule has 3 aliphatic rings. The summed E-state index contributed by atoms with van der Waals surface area (Å²) in [6.07, 6.45) is 6.59. The molecule has 2 bridgehead atoms. The second-order valence-electron chi connectivity index (χ2n) is 8.40. The number of nitrogens with zero attached hydrogens (tertiary/aromatic N) is 1. The molecular formula is C18H33N3O. The van der Waals surface area contributed by atoms with Crippen LogP contribution >= 0.6 is 0 Å². The molecule has 0 aromatic heterocycles. The Kier molecular flexibility index (Phi) is 4.52. The molecule has 1 heterocycles. The van der Waals surface area contributed by atoms with Gasteiger partial charge in [0.2, 0.25) is 5.91 Å². The SMILES string of the molecule is CC1(C)[C@H]2CC[C@@H](C2)[C@@]1(C)NC(=O)CNCCN1CCCC1. The number of rotatable bonds is 6. The van der Waals surface area contributed by atoms with E-state index in [0.29, 0.717) is 12.5 Å². The third-order valence-electron chi connectivity index (χ3n) is 7.10. The molecule has 0 aromatic rings. The fraction of sp³-hybridized carbons (Fsp3) is 0.944. The van der Waals surface area contributed by atoms with E-state index in [1.54, 1.807) is 0 Å². The first-order chi connectivity index (χ1) is 10.4. The first-order valence-corrected chi connectivity index (χ1v) is 9.17. The molecule has 4 nitrogen and oxygen atoms in total. The Labute approximate surface area is 135 Å².